The summed E-state index contributed by atoms with van der Waals surface area (Å²) in [5.41, 5.74) is 0.182. The van der Waals surface area contributed by atoms with E-state index in [2.05, 4.69) is 10.2 Å². The summed E-state index contributed by atoms with van der Waals surface area (Å²) in [5, 5.41) is 16.8. The number of carbonyl (C=O) groups is 1. The van der Waals surface area contributed by atoms with Crippen LogP contribution in [0.3, 0.4) is 0 Å². The Morgan fingerprint density at radius 3 is 2.71 bits per heavy atom. The summed E-state index contributed by atoms with van der Waals surface area (Å²) < 4.78 is 5.60. The van der Waals surface area contributed by atoms with Gasteiger partial charge in [0.05, 0.1) is 18.4 Å². The average Bonchev–Trinajstić information content (AvgIpc) is 2.27. The molecule has 1 aromatic heterocycles. The molecule has 0 aliphatic carbocycles. The van der Waals surface area contributed by atoms with Gasteiger partial charge in [0.1, 0.15) is 5.56 Å². The second kappa shape index (κ2) is 4.67. The van der Waals surface area contributed by atoms with Crippen molar-refractivity contribution in [2.75, 3.05) is 18.0 Å². The third-order valence-corrected chi connectivity index (χ3v) is 2.65. The van der Waals surface area contributed by atoms with Crippen molar-refractivity contribution in [3.63, 3.8) is 0 Å². The number of rotatable bonds is 2. The number of aromatic nitrogens is 2. The fourth-order valence-electron chi connectivity index (χ4n) is 2.08. The molecule has 0 unspecified atom stereocenters. The molecule has 1 N–H and O–H groups in total. The van der Waals surface area contributed by atoms with Crippen LogP contribution in [0.1, 0.15) is 24.2 Å². The summed E-state index contributed by atoms with van der Waals surface area (Å²) in [4.78, 5) is 13.0. The van der Waals surface area contributed by atoms with Gasteiger partial charge in [0, 0.05) is 13.1 Å². The zero-order valence-electron chi connectivity index (χ0n) is 9.83. The Labute approximate surface area is 99.2 Å². The zero-order chi connectivity index (χ0) is 12.4. The minimum Gasteiger partial charge on any atom is -0.478 e. The molecule has 0 saturated carbocycles. The van der Waals surface area contributed by atoms with Gasteiger partial charge in [-0.25, -0.2) is 4.79 Å². The molecule has 6 nitrogen and oxygen atoms in total. The molecule has 2 atom stereocenters. The molecule has 2 heterocycles. The number of nitrogens with zero attached hydrogens (tertiary/aromatic N) is 3. The highest BCUT2D eigenvalue weighted by Crippen LogP contribution is 2.21. The molecule has 0 amide bonds. The van der Waals surface area contributed by atoms with Crippen LogP contribution in [-0.2, 0) is 4.74 Å². The molecular formula is C11H15N3O3. The van der Waals surface area contributed by atoms with Crippen LogP contribution in [0.15, 0.2) is 12.3 Å². The van der Waals surface area contributed by atoms with Gasteiger partial charge in [-0.3, -0.25) is 0 Å². The highest BCUT2D eigenvalue weighted by atomic mass is 16.5. The van der Waals surface area contributed by atoms with E-state index < -0.39 is 5.97 Å². The number of hydrogen-bond acceptors (Lipinski definition) is 5. The fourth-order valence-corrected chi connectivity index (χ4v) is 2.08. The second-order valence-corrected chi connectivity index (χ2v) is 4.24. The molecule has 1 aliphatic rings. The highest BCUT2D eigenvalue weighted by Gasteiger charge is 2.26. The number of ether oxygens (including phenoxy) is 1. The van der Waals surface area contributed by atoms with Gasteiger partial charge in [0.2, 0.25) is 0 Å². The number of anilines is 1. The van der Waals surface area contributed by atoms with Crippen molar-refractivity contribution < 1.29 is 14.6 Å². The Bertz CT molecular complexity index is 414. The van der Waals surface area contributed by atoms with Crippen LogP contribution in [0, 0.1) is 0 Å². The highest BCUT2D eigenvalue weighted by molar-refractivity contribution is 5.93. The maximum Gasteiger partial charge on any atom is 0.339 e. The number of carboxylic acids is 1. The van der Waals surface area contributed by atoms with E-state index in [9.17, 15) is 4.79 Å². The van der Waals surface area contributed by atoms with Crippen molar-refractivity contribution in [3.8, 4) is 0 Å². The Hall–Kier alpha value is -1.69. The van der Waals surface area contributed by atoms with E-state index in [0.29, 0.717) is 18.9 Å². The van der Waals surface area contributed by atoms with Crippen LogP contribution < -0.4 is 4.90 Å². The Balaban J connectivity index is 2.30. The van der Waals surface area contributed by atoms with E-state index in [0.717, 1.165) is 0 Å². The van der Waals surface area contributed by atoms with Crippen molar-refractivity contribution in [2.45, 2.75) is 26.1 Å². The van der Waals surface area contributed by atoms with Crippen molar-refractivity contribution in [1.82, 2.24) is 10.2 Å². The van der Waals surface area contributed by atoms with Crippen LogP contribution >= 0.6 is 0 Å². The van der Waals surface area contributed by atoms with Crippen molar-refractivity contribution in [2.24, 2.45) is 0 Å². The minimum atomic E-state index is -0.985. The third-order valence-electron chi connectivity index (χ3n) is 2.65. The largest absolute Gasteiger partial charge is 0.478 e. The molecule has 1 aromatic rings. The first-order valence-corrected chi connectivity index (χ1v) is 5.53. The summed E-state index contributed by atoms with van der Waals surface area (Å²) in [6, 6.07) is 1.47. The van der Waals surface area contributed by atoms with E-state index >= 15 is 0 Å². The molecule has 1 fully saturated rings. The predicted octanol–water partition coefficient (Wildman–Crippen LogP) is 0.788. The first-order chi connectivity index (χ1) is 8.08. The van der Waals surface area contributed by atoms with Crippen molar-refractivity contribution >= 4 is 11.8 Å². The lowest BCUT2D eigenvalue weighted by molar-refractivity contribution is -0.00561. The molecule has 1 saturated heterocycles. The number of carboxylic acid groups (broad SMARTS) is 1. The van der Waals surface area contributed by atoms with E-state index in [4.69, 9.17) is 9.84 Å². The predicted molar refractivity (Wildman–Crippen MR) is 61.2 cm³/mol. The Morgan fingerprint density at radius 2 is 2.12 bits per heavy atom. The maximum atomic E-state index is 11.1. The van der Waals surface area contributed by atoms with Crippen LogP contribution in [0.5, 0.6) is 0 Å². The smallest absolute Gasteiger partial charge is 0.339 e. The lowest BCUT2D eigenvalue weighted by Gasteiger charge is -2.36. The fraction of sp³-hybridized carbons (Fsp3) is 0.545. The molecule has 0 bridgehead atoms. The monoisotopic (exact) mass is 237 g/mol. The van der Waals surface area contributed by atoms with E-state index in [-0.39, 0.29) is 17.8 Å². The van der Waals surface area contributed by atoms with Gasteiger partial charge in [-0.05, 0) is 19.9 Å². The second-order valence-electron chi connectivity index (χ2n) is 4.24. The first kappa shape index (κ1) is 11.8. The summed E-state index contributed by atoms with van der Waals surface area (Å²) in [6.07, 6.45) is 1.50. The normalized spacial score (nSPS) is 24.7. The van der Waals surface area contributed by atoms with Crippen LogP contribution in [0.2, 0.25) is 0 Å². The average molecular weight is 237 g/mol. The maximum absolute atomic E-state index is 11.1. The summed E-state index contributed by atoms with van der Waals surface area (Å²) in [5.74, 6) is -0.566. The van der Waals surface area contributed by atoms with Crippen molar-refractivity contribution in [1.29, 1.82) is 0 Å². The van der Waals surface area contributed by atoms with Gasteiger partial charge >= 0.3 is 5.97 Å². The number of hydrogen-bond donors (Lipinski definition) is 1. The van der Waals surface area contributed by atoms with E-state index in [1.807, 2.05) is 18.7 Å². The van der Waals surface area contributed by atoms with Crippen LogP contribution in [-0.4, -0.2) is 46.6 Å². The molecule has 92 valence electrons. The third kappa shape index (κ3) is 2.52. The van der Waals surface area contributed by atoms with Gasteiger partial charge < -0.3 is 14.7 Å². The summed E-state index contributed by atoms with van der Waals surface area (Å²) in [6.45, 7) is 5.17. The lowest BCUT2D eigenvalue weighted by Crippen LogP contribution is -2.46. The topological polar surface area (TPSA) is 75.6 Å². The van der Waals surface area contributed by atoms with Crippen LogP contribution in [0.25, 0.3) is 0 Å². The first-order valence-electron chi connectivity index (χ1n) is 5.53. The number of morpholine rings is 1. The molecule has 0 spiro atoms. The van der Waals surface area contributed by atoms with E-state index in [1.54, 1.807) is 0 Å². The quantitative estimate of drug-likeness (QED) is 0.819. The Morgan fingerprint density at radius 1 is 1.47 bits per heavy atom. The van der Waals surface area contributed by atoms with Gasteiger partial charge in [-0.2, -0.15) is 5.10 Å². The van der Waals surface area contributed by atoms with Gasteiger partial charge in [-0.15, -0.1) is 5.10 Å². The van der Waals surface area contributed by atoms with Gasteiger partial charge in [-0.1, -0.05) is 0 Å². The molecule has 0 aromatic carbocycles. The zero-order valence-corrected chi connectivity index (χ0v) is 9.83. The SMILES string of the molecule is C[C@@H]1CN(c2nnccc2C(=O)O)C[C@H](C)O1. The molecule has 1 aliphatic heterocycles. The van der Waals surface area contributed by atoms with Crippen molar-refractivity contribution in [3.05, 3.63) is 17.8 Å². The molecule has 6 heteroatoms. The molecule has 17 heavy (non-hydrogen) atoms. The molecule has 0 radical (unpaired) electrons. The van der Waals surface area contributed by atoms with Gasteiger partial charge in [0.15, 0.2) is 5.82 Å². The molecular weight excluding hydrogens is 222 g/mol. The summed E-state index contributed by atoms with van der Waals surface area (Å²) in [7, 11) is 0. The Kier molecular flexibility index (Phi) is 3.23. The van der Waals surface area contributed by atoms with Gasteiger partial charge in [0.25, 0.3) is 0 Å². The minimum absolute atomic E-state index is 0.0578. The lowest BCUT2D eigenvalue weighted by atomic mass is 10.2. The number of aromatic carboxylic acids is 1. The summed E-state index contributed by atoms with van der Waals surface area (Å²) >= 11 is 0. The van der Waals surface area contributed by atoms with E-state index in [1.165, 1.54) is 12.3 Å². The van der Waals surface area contributed by atoms with Crippen LogP contribution in [0.4, 0.5) is 5.82 Å². The standard InChI is InChI=1S/C11H15N3O3/c1-7-5-14(6-8(2)17-7)10-9(11(15)16)3-4-12-13-10/h3-4,7-8H,5-6H2,1-2H3,(H,15,16)/t7-,8+. The molecule has 2 rings (SSSR count).